The Morgan fingerprint density at radius 1 is 1.33 bits per heavy atom. The van der Waals surface area contributed by atoms with Gasteiger partial charge in [0.25, 0.3) is 0 Å². The van der Waals surface area contributed by atoms with Crippen LogP contribution in [0.1, 0.15) is 47.8 Å². The highest BCUT2D eigenvalue weighted by Crippen LogP contribution is 2.36. The van der Waals surface area contributed by atoms with E-state index in [1.807, 2.05) is 47.8 Å². The number of carbonyl (C=O) groups excluding carboxylic acids is 1. The van der Waals surface area contributed by atoms with Crippen molar-refractivity contribution in [2.24, 2.45) is 7.05 Å². The zero-order valence-electron chi connectivity index (χ0n) is 14.6. The minimum Gasteiger partial charge on any atom is -0.336 e. The molecular formula is C19H24ClN3O. The number of benzene rings is 1. The molecule has 1 aliphatic rings. The van der Waals surface area contributed by atoms with Crippen molar-refractivity contribution in [1.82, 2.24) is 14.7 Å². The average Bonchev–Trinajstić information content (AvgIpc) is 3.12. The lowest BCUT2D eigenvalue weighted by molar-refractivity contribution is -0.132. The third kappa shape index (κ3) is 3.20. The van der Waals surface area contributed by atoms with Crippen molar-refractivity contribution in [2.75, 3.05) is 6.54 Å². The Bertz CT molecular complexity index is 753. The van der Waals surface area contributed by atoms with Gasteiger partial charge in [-0.2, -0.15) is 5.10 Å². The van der Waals surface area contributed by atoms with Gasteiger partial charge in [0.15, 0.2) is 0 Å². The summed E-state index contributed by atoms with van der Waals surface area (Å²) < 4.78 is 1.89. The first-order valence-electron chi connectivity index (χ1n) is 8.52. The van der Waals surface area contributed by atoms with E-state index in [0.29, 0.717) is 6.42 Å². The molecule has 1 aromatic carbocycles. The molecule has 1 atom stereocenters. The summed E-state index contributed by atoms with van der Waals surface area (Å²) in [4.78, 5) is 14.8. The summed E-state index contributed by atoms with van der Waals surface area (Å²) in [5.41, 5.74) is 4.43. The summed E-state index contributed by atoms with van der Waals surface area (Å²) in [6.45, 7) is 4.89. The van der Waals surface area contributed by atoms with Crippen LogP contribution in [0.2, 0.25) is 5.02 Å². The van der Waals surface area contributed by atoms with Crippen molar-refractivity contribution in [3.63, 3.8) is 0 Å². The first kappa shape index (κ1) is 17.0. The molecule has 0 spiro atoms. The molecule has 0 bridgehead atoms. The van der Waals surface area contributed by atoms with E-state index in [-0.39, 0.29) is 11.9 Å². The van der Waals surface area contributed by atoms with Crippen LogP contribution in [0.5, 0.6) is 0 Å². The van der Waals surface area contributed by atoms with Crippen LogP contribution in [0.25, 0.3) is 0 Å². The van der Waals surface area contributed by atoms with E-state index in [1.165, 1.54) is 5.56 Å². The van der Waals surface area contributed by atoms with E-state index >= 15 is 0 Å². The first-order chi connectivity index (χ1) is 11.5. The molecular weight excluding hydrogens is 322 g/mol. The van der Waals surface area contributed by atoms with E-state index < -0.39 is 0 Å². The van der Waals surface area contributed by atoms with E-state index in [4.69, 9.17) is 11.6 Å². The molecule has 1 fully saturated rings. The van der Waals surface area contributed by atoms with Crippen LogP contribution in [0, 0.1) is 13.8 Å². The molecule has 0 radical (unpaired) electrons. The lowest BCUT2D eigenvalue weighted by atomic mass is 10.0. The number of rotatable bonds is 4. The van der Waals surface area contributed by atoms with Gasteiger partial charge in [-0.15, -0.1) is 0 Å². The van der Waals surface area contributed by atoms with Gasteiger partial charge in [0.05, 0.1) is 11.7 Å². The Kier molecular flexibility index (Phi) is 4.95. The number of halogens is 1. The van der Waals surface area contributed by atoms with Crippen molar-refractivity contribution >= 4 is 17.5 Å². The lowest BCUT2D eigenvalue weighted by Crippen LogP contribution is -2.30. The van der Waals surface area contributed by atoms with Crippen LogP contribution >= 0.6 is 11.6 Å². The van der Waals surface area contributed by atoms with Crippen molar-refractivity contribution in [3.05, 3.63) is 51.8 Å². The van der Waals surface area contributed by atoms with Gasteiger partial charge in [-0.1, -0.05) is 29.8 Å². The monoisotopic (exact) mass is 345 g/mol. The lowest BCUT2D eigenvalue weighted by Gasteiger charge is -2.26. The smallest absolute Gasteiger partial charge is 0.223 e. The number of nitrogens with zero attached hydrogens (tertiary/aromatic N) is 3. The second kappa shape index (κ2) is 6.98. The summed E-state index contributed by atoms with van der Waals surface area (Å²) in [5.74, 6) is 0.208. The fourth-order valence-corrected chi connectivity index (χ4v) is 3.95. The van der Waals surface area contributed by atoms with Gasteiger partial charge < -0.3 is 4.90 Å². The Balaban J connectivity index is 1.71. The topological polar surface area (TPSA) is 38.1 Å². The summed E-state index contributed by atoms with van der Waals surface area (Å²) in [5, 5.41) is 5.19. The number of amides is 1. The van der Waals surface area contributed by atoms with Crippen LogP contribution in [0.15, 0.2) is 24.3 Å². The molecule has 1 amide bonds. The fraction of sp³-hybridized carbons (Fsp3) is 0.474. The van der Waals surface area contributed by atoms with Crippen LogP contribution in [-0.4, -0.2) is 27.1 Å². The Labute approximate surface area is 148 Å². The standard InChI is InChI=1S/C19H24ClN3O/c1-13-15(14(2)22(3)21-13)10-11-19(24)23-12-6-9-18(23)16-7-4-5-8-17(16)20/h4-5,7-8,18H,6,9-12H2,1-3H3/t18-/m1/s1. The third-order valence-electron chi connectivity index (χ3n) is 5.09. The maximum atomic E-state index is 12.8. The maximum Gasteiger partial charge on any atom is 0.223 e. The predicted molar refractivity (Wildman–Crippen MR) is 96.1 cm³/mol. The quantitative estimate of drug-likeness (QED) is 0.840. The Hall–Kier alpha value is -1.81. The normalized spacial score (nSPS) is 17.5. The van der Waals surface area contributed by atoms with Crippen LogP contribution in [0.4, 0.5) is 0 Å². The third-order valence-corrected chi connectivity index (χ3v) is 5.43. The van der Waals surface area contributed by atoms with Crippen molar-refractivity contribution < 1.29 is 4.79 Å². The predicted octanol–water partition coefficient (Wildman–Crippen LogP) is 3.99. The molecule has 0 aliphatic carbocycles. The number of aryl methyl sites for hydroxylation is 2. The zero-order chi connectivity index (χ0) is 17.3. The van der Waals surface area contributed by atoms with Crippen molar-refractivity contribution in [3.8, 4) is 0 Å². The Morgan fingerprint density at radius 2 is 2.08 bits per heavy atom. The molecule has 3 rings (SSSR count). The number of hydrogen-bond donors (Lipinski definition) is 0. The van der Waals surface area contributed by atoms with Crippen LogP contribution < -0.4 is 0 Å². The fourth-order valence-electron chi connectivity index (χ4n) is 3.69. The SMILES string of the molecule is Cc1nn(C)c(C)c1CCC(=O)N1CCC[C@@H]1c1ccccc1Cl. The van der Waals surface area contributed by atoms with Gasteiger partial charge in [0.1, 0.15) is 0 Å². The highest BCUT2D eigenvalue weighted by Gasteiger charge is 2.30. The van der Waals surface area contributed by atoms with Gasteiger partial charge in [-0.3, -0.25) is 9.48 Å². The molecule has 1 saturated heterocycles. The molecule has 0 N–H and O–H groups in total. The number of carbonyl (C=O) groups is 1. The second-order valence-electron chi connectivity index (χ2n) is 6.54. The van der Waals surface area contributed by atoms with E-state index in [9.17, 15) is 4.79 Å². The second-order valence-corrected chi connectivity index (χ2v) is 6.95. The van der Waals surface area contributed by atoms with Gasteiger partial charge in [0.2, 0.25) is 5.91 Å². The van der Waals surface area contributed by atoms with Gasteiger partial charge in [-0.05, 0) is 50.3 Å². The Morgan fingerprint density at radius 3 is 2.75 bits per heavy atom. The van der Waals surface area contributed by atoms with Gasteiger partial charge in [-0.25, -0.2) is 0 Å². The minimum atomic E-state index is 0.113. The molecule has 24 heavy (non-hydrogen) atoms. The number of likely N-dealkylation sites (tertiary alicyclic amines) is 1. The van der Waals surface area contributed by atoms with Crippen molar-refractivity contribution in [2.45, 2.75) is 45.6 Å². The van der Waals surface area contributed by atoms with Crippen molar-refractivity contribution in [1.29, 1.82) is 0 Å². The molecule has 2 heterocycles. The highest BCUT2D eigenvalue weighted by atomic mass is 35.5. The van der Waals surface area contributed by atoms with Crippen LogP contribution in [-0.2, 0) is 18.3 Å². The molecule has 2 aromatic rings. The summed E-state index contributed by atoms with van der Waals surface area (Å²) in [6, 6.07) is 7.97. The summed E-state index contributed by atoms with van der Waals surface area (Å²) >= 11 is 6.34. The first-order valence-corrected chi connectivity index (χ1v) is 8.89. The van der Waals surface area contributed by atoms with Crippen LogP contribution in [0.3, 0.4) is 0 Å². The summed E-state index contributed by atoms with van der Waals surface area (Å²) in [7, 11) is 1.95. The largest absolute Gasteiger partial charge is 0.336 e. The number of aromatic nitrogens is 2. The molecule has 5 heteroatoms. The highest BCUT2D eigenvalue weighted by molar-refractivity contribution is 6.31. The molecule has 4 nitrogen and oxygen atoms in total. The molecule has 128 valence electrons. The molecule has 1 aromatic heterocycles. The van der Waals surface area contributed by atoms with E-state index in [0.717, 1.165) is 47.8 Å². The average molecular weight is 346 g/mol. The maximum absolute atomic E-state index is 12.8. The molecule has 1 aliphatic heterocycles. The van der Waals surface area contributed by atoms with E-state index in [1.54, 1.807) is 0 Å². The zero-order valence-corrected chi connectivity index (χ0v) is 15.3. The summed E-state index contributed by atoms with van der Waals surface area (Å²) in [6.07, 6.45) is 3.29. The van der Waals surface area contributed by atoms with Gasteiger partial charge in [0, 0.05) is 30.7 Å². The molecule has 0 saturated carbocycles. The molecule has 0 unspecified atom stereocenters. The number of hydrogen-bond acceptors (Lipinski definition) is 2. The van der Waals surface area contributed by atoms with Gasteiger partial charge >= 0.3 is 0 Å². The minimum absolute atomic E-state index is 0.113. The van der Waals surface area contributed by atoms with E-state index in [2.05, 4.69) is 12.0 Å².